The molecule has 2 amide bonds. The van der Waals surface area contributed by atoms with Gasteiger partial charge in [0.2, 0.25) is 6.41 Å². The third kappa shape index (κ3) is 6.31. The molecular weight excluding hydrogens is 288 g/mol. The van der Waals surface area contributed by atoms with Crippen LogP contribution < -0.4 is 10.6 Å². The lowest BCUT2D eigenvalue weighted by Crippen LogP contribution is -2.46. The minimum Gasteiger partial charge on any atom is -0.358 e. The Kier molecular flexibility index (Phi) is 6.46. The number of nitrogens with zero attached hydrogens (tertiary/aromatic N) is 2. The van der Waals surface area contributed by atoms with E-state index in [0.29, 0.717) is 23.1 Å². The van der Waals surface area contributed by atoms with Crippen molar-refractivity contribution in [1.82, 2.24) is 5.32 Å². The number of likely N-dealkylation sites (N-methyl/N-ethyl adjacent to an activating group) is 1. The van der Waals surface area contributed by atoms with Crippen molar-refractivity contribution in [1.29, 1.82) is 0 Å². The topological polar surface area (TPSA) is 101 Å². The van der Waals surface area contributed by atoms with Gasteiger partial charge in [-0.2, -0.15) is 0 Å². The molecule has 120 valence electrons. The molecular formula is C14H21N4O4+. The molecule has 0 saturated carbocycles. The van der Waals surface area contributed by atoms with E-state index in [4.69, 9.17) is 0 Å². The van der Waals surface area contributed by atoms with Gasteiger partial charge in [-0.05, 0) is 12.1 Å². The van der Waals surface area contributed by atoms with Crippen molar-refractivity contribution in [3.63, 3.8) is 0 Å². The van der Waals surface area contributed by atoms with E-state index in [1.54, 1.807) is 0 Å². The number of nitrogens with one attached hydrogen (secondary N) is 2. The highest BCUT2D eigenvalue weighted by Crippen LogP contribution is 2.15. The number of hydrogen-bond acceptors (Lipinski definition) is 4. The summed E-state index contributed by atoms with van der Waals surface area (Å²) in [5.41, 5.74) is 0.509. The number of rotatable bonds is 9. The van der Waals surface area contributed by atoms with Crippen LogP contribution in [0.15, 0.2) is 24.3 Å². The first kappa shape index (κ1) is 17.6. The summed E-state index contributed by atoms with van der Waals surface area (Å²) in [4.78, 5) is 32.2. The van der Waals surface area contributed by atoms with Crippen molar-refractivity contribution < 1.29 is 19.0 Å². The largest absolute Gasteiger partial charge is 0.358 e. The number of carbonyl (C=O) groups excluding carboxylic acids is 2. The van der Waals surface area contributed by atoms with Gasteiger partial charge in [-0.15, -0.1) is 0 Å². The Bertz CT molecular complexity index is 528. The highest BCUT2D eigenvalue weighted by atomic mass is 16.6. The first-order valence-electron chi connectivity index (χ1n) is 6.87. The van der Waals surface area contributed by atoms with Crippen molar-refractivity contribution in [3.8, 4) is 0 Å². The average molecular weight is 309 g/mol. The summed E-state index contributed by atoms with van der Waals surface area (Å²) in [7, 11) is 3.85. The minimum absolute atomic E-state index is 0.0169. The van der Waals surface area contributed by atoms with Crippen molar-refractivity contribution in [3.05, 3.63) is 34.4 Å². The van der Waals surface area contributed by atoms with Crippen LogP contribution in [0.3, 0.4) is 0 Å². The Labute approximate surface area is 128 Å². The standard InChI is InChI=1S/C14H20N4O4/c1-18(2,9-3-8-15-11-19)10-14(20)16-12-4-6-13(7-5-12)17(21)22/h4-7,11H,3,8-10H2,1-2H3,(H-,15,16,19,20)/p+1. The van der Waals surface area contributed by atoms with Crippen LogP contribution >= 0.6 is 0 Å². The molecule has 0 atom stereocenters. The smallest absolute Gasteiger partial charge is 0.279 e. The summed E-state index contributed by atoms with van der Waals surface area (Å²) in [6.45, 7) is 1.60. The van der Waals surface area contributed by atoms with Crippen LogP contribution in [-0.4, -0.2) is 55.5 Å². The molecule has 8 nitrogen and oxygen atoms in total. The molecule has 0 radical (unpaired) electrons. The quantitative estimate of drug-likeness (QED) is 0.231. The molecule has 0 aliphatic heterocycles. The van der Waals surface area contributed by atoms with Gasteiger partial charge in [0.15, 0.2) is 6.54 Å². The van der Waals surface area contributed by atoms with Crippen LogP contribution in [0.2, 0.25) is 0 Å². The van der Waals surface area contributed by atoms with Crippen molar-refractivity contribution in [2.45, 2.75) is 6.42 Å². The molecule has 0 aromatic heterocycles. The second-order valence-corrected chi connectivity index (χ2v) is 5.60. The lowest BCUT2D eigenvalue weighted by Gasteiger charge is -2.29. The third-order valence-electron chi connectivity index (χ3n) is 3.10. The molecule has 8 heteroatoms. The number of quaternary nitrogens is 1. The number of hydrogen-bond donors (Lipinski definition) is 2. The average Bonchev–Trinajstić information content (AvgIpc) is 2.43. The van der Waals surface area contributed by atoms with Crippen LogP contribution in [0.5, 0.6) is 0 Å². The van der Waals surface area contributed by atoms with E-state index in [-0.39, 0.29) is 18.1 Å². The maximum absolute atomic E-state index is 12.0. The number of benzene rings is 1. The molecule has 0 bridgehead atoms. The Hall–Kier alpha value is -2.48. The first-order chi connectivity index (χ1) is 10.3. The SMILES string of the molecule is C[N+](C)(CCCNC=O)CC(=O)Nc1ccc([N+](=O)[O-])cc1. The zero-order valence-electron chi connectivity index (χ0n) is 12.7. The van der Waals surface area contributed by atoms with E-state index < -0.39 is 4.92 Å². The summed E-state index contributed by atoms with van der Waals surface area (Å²) in [6, 6.07) is 5.70. The van der Waals surface area contributed by atoms with E-state index in [2.05, 4.69) is 10.6 Å². The highest BCUT2D eigenvalue weighted by molar-refractivity contribution is 5.91. The van der Waals surface area contributed by atoms with Crippen molar-refractivity contribution in [2.75, 3.05) is 39.0 Å². The normalized spacial score (nSPS) is 10.8. The molecule has 1 rings (SSSR count). The van der Waals surface area contributed by atoms with Gasteiger partial charge in [-0.25, -0.2) is 0 Å². The maximum atomic E-state index is 12.0. The predicted molar refractivity (Wildman–Crippen MR) is 82.3 cm³/mol. The number of carbonyl (C=O) groups is 2. The Morgan fingerprint density at radius 3 is 2.50 bits per heavy atom. The molecule has 0 spiro atoms. The zero-order valence-corrected chi connectivity index (χ0v) is 12.7. The summed E-state index contributed by atoms with van der Waals surface area (Å²) < 4.78 is 0.485. The number of nitro benzene ring substituents is 1. The monoisotopic (exact) mass is 309 g/mol. The Morgan fingerprint density at radius 1 is 1.32 bits per heavy atom. The zero-order chi connectivity index (χ0) is 16.6. The Morgan fingerprint density at radius 2 is 1.95 bits per heavy atom. The van der Waals surface area contributed by atoms with Gasteiger partial charge in [0.1, 0.15) is 0 Å². The van der Waals surface area contributed by atoms with E-state index >= 15 is 0 Å². The molecule has 1 aromatic rings. The molecule has 0 aliphatic rings. The summed E-state index contributed by atoms with van der Waals surface area (Å²) in [5.74, 6) is -0.165. The maximum Gasteiger partial charge on any atom is 0.279 e. The van der Waals surface area contributed by atoms with Gasteiger partial charge < -0.3 is 15.1 Å². The fourth-order valence-electron chi connectivity index (χ4n) is 2.00. The van der Waals surface area contributed by atoms with E-state index in [0.717, 1.165) is 13.0 Å². The molecule has 0 aliphatic carbocycles. The van der Waals surface area contributed by atoms with Crippen molar-refractivity contribution in [2.24, 2.45) is 0 Å². The lowest BCUT2D eigenvalue weighted by atomic mass is 10.2. The van der Waals surface area contributed by atoms with Gasteiger partial charge in [0, 0.05) is 30.8 Å². The third-order valence-corrected chi connectivity index (χ3v) is 3.10. The molecule has 22 heavy (non-hydrogen) atoms. The van der Waals surface area contributed by atoms with Crippen LogP contribution in [0.4, 0.5) is 11.4 Å². The number of anilines is 1. The van der Waals surface area contributed by atoms with E-state index in [1.165, 1.54) is 24.3 Å². The number of nitro groups is 1. The van der Waals surface area contributed by atoms with Gasteiger partial charge in [-0.1, -0.05) is 0 Å². The van der Waals surface area contributed by atoms with Crippen LogP contribution in [0.25, 0.3) is 0 Å². The fourth-order valence-corrected chi connectivity index (χ4v) is 2.00. The molecule has 0 fully saturated rings. The fraction of sp³-hybridized carbons (Fsp3) is 0.429. The second-order valence-electron chi connectivity index (χ2n) is 5.60. The summed E-state index contributed by atoms with van der Waals surface area (Å²) in [6.07, 6.45) is 1.43. The first-order valence-corrected chi connectivity index (χ1v) is 6.87. The van der Waals surface area contributed by atoms with E-state index in [9.17, 15) is 19.7 Å². The minimum atomic E-state index is -0.487. The number of amides is 2. The van der Waals surface area contributed by atoms with Crippen LogP contribution in [0.1, 0.15) is 6.42 Å². The Balaban J connectivity index is 2.47. The summed E-state index contributed by atoms with van der Waals surface area (Å²) in [5, 5.41) is 15.9. The molecule has 0 heterocycles. The molecule has 2 N–H and O–H groups in total. The van der Waals surface area contributed by atoms with Gasteiger partial charge in [0.05, 0.1) is 25.6 Å². The second kappa shape index (κ2) is 8.08. The van der Waals surface area contributed by atoms with E-state index in [1.807, 2.05) is 14.1 Å². The van der Waals surface area contributed by atoms with Gasteiger partial charge in [0.25, 0.3) is 11.6 Å². The van der Waals surface area contributed by atoms with Gasteiger partial charge >= 0.3 is 0 Å². The highest BCUT2D eigenvalue weighted by Gasteiger charge is 2.19. The molecule has 0 saturated heterocycles. The van der Waals surface area contributed by atoms with Crippen LogP contribution in [-0.2, 0) is 9.59 Å². The number of non-ortho nitro benzene ring substituents is 1. The van der Waals surface area contributed by atoms with Crippen molar-refractivity contribution >= 4 is 23.7 Å². The lowest BCUT2D eigenvalue weighted by molar-refractivity contribution is -0.882. The summed E-state index contributed by atoms with van der Waals surface area (Å²) >= 11 is 0. The predicted octanol–water partition coefficient (Wildman–Crippen LogP) is 0.746. The molecule has 0 unspecified atom stereocenters. The van der Waals surface area contributed by atoms with Crippen LogP contribution in [0, 0.1) is 10.1 Å². The molecule has 1 aromatic carbocycles. The van der Waals surface area contributed by atoms with Gasteiger partial charge in [-0.3, -0.25) is 19.7 Å².